The molecule has 4 aromatic carbocycles. The van der Waals surface area contributed by atoms with Crippen molar-refractivity contribution in [3.8, 4) is 11.5 Å². The number of para-hydroxylation sites is 1. The zero-order valence-electron chi connectivity index (χ0n) is 24.0. The fraction of sp³-hybridized carbons (Fsp3) is 0.194. The smallest absolute Gasteiger partial charge is 0.238 e. The number of carbonyl (C=O) groups excluding carboxylic acids is 3. The first-order valence-corrected chi connectivity index (χ1v) is 14.2. The van der Waals surface area contributed by atoms with Gasteiger partial charge in [0.05, 0.1) is 31.7 Å². The Labute approximate surface area is 249 Å². The Morgan fingerprint density at radius 1 is 0.860 bits per heavy atom. The number of amides is 1. The summed E-state index contributed by atoms with van der Waals surface area (Å²) in [7, 11) is 3.03. The van der Waals surface area contributed by atoms with Crippen LogP contribution < -0.4 is 14.8 Å². The number of nitrogens with zero attached hydrogens (tertiary/aromatic N) is 1. The van der Waals surface area contributed by atoms with Crippen LogP contribution in [-0.4, -0.2) is 42.6 Å². The first-order valence-electron chi connectivity index (χ1n) is 14.2. The van der Waals surface area contributed by atoms with E-state index >= 15 is 4.79 Å². The number of aryl methyl sites for hydroxylation is 1. The summed E-state index contributed by atoms with van der Waals surface area (Å²) in [6.45, 7) is 1.96. The summed E-state index contributed by atoms with van der Waals surface area (Å²) in [6, 6.07) is 26.1. The highest BCUT2D eigenvalue weighted by Gasteiger charge is 2.70. The zero-order chi connectivity index (χ0) is 29.9. The molecule has 0 saturated carbocycles. The van der Waals surface area contributed by atoms with Crippen molar-refractivity contribution in [1.29, 1.82) is 0 Å². The molecule has 3 aliphatic heterocycles. The van der Waals surface area contributed by atoms with E-state index in [0.29, 0.717) is 28.3 Å². The van der Waals surface area contributed by atoms with Crippen LogP contribution in [0.5, 0.6) is 11.5 Å². The van der Waals surface area contributed by atoms with Gasteiger partial charge in [0.25, 0.3) is 0 Å². The fourth-order valence-electron chi connectivity index (χ4n) is 7.23. The molecule has 0 unspecified atom stereocenters. The summed E-state index contributed by atoms with van der Waals surface area (Å²) in [4.78, 5) is 46.3. The number of ether oxygens (including phenoxy) is 2. The topological polar surface area (TPSA) is 84.9 Å². The van der Waals surface area contributed by atoms with Crippen molar-refractivity contribution >= 4 is 29.2 Å². The lowest BCUT2D eigenvalue weighted by Crippen LogP contribution is -2.49. The third-order valence-electron chi connectivity index (χ3n) is 9.13. The van der Waals surface area contributed by atoms with Crippen molar-refractivity contribution in [2.75, 3.05) is 19.5 Å². The van der Waals surface area contributed by atoms with Gasteiger partial charge < -0.3 is 19.7 Å². The molecule has 3 heterocycles. The van der Waals surface area contributed by atoms with Crippen LogP contribution in [0.25, 0.3) is 6.08 Å². The molecule has 0 aliphatic carbocycles. The number of hydrogen-bond acceptors (Lipinski definition) is 6. The minimum absolute atomic E-state index is 0.228. The van der Waals surface area contributed by atoms with E-state index in [9.17, 15) is 9.59 Å². The van der Waals surface area contributed by atoms with E-state index in [-0.39, 0.29) is 23.0 Å². The second-order valence-electron chi connectivity index (χ2n) is 11.2. The molecule has 0 radical (unpaired) electrons. The van der Waals surface area contributed by atoms with E-state index in [1.165, 1.54) is 7.11 Å². The van der Waals surface area contributed by atoms with E-state index < -0.39 is 23.4 Å². The van der Waals surface area contributed by atoms with Gasteiger partial charge in [-0.25, -0.2) is 0 Å². The SMILES string of the molecule is COc1ccc(C(=O)[C@H]2[C@H](C(=O)c3ccc(C)cc3)N3C=Cc4ccccc4[C@@H]3[C@@]23C(=O)Nc2ccccc23)c(OC)c1. The summed E-state index contributed by atoms with van der Waals surface area (Å²) in [5.74, 6) is -1.13. The maximum absolute atomic E-state index is 15.1. The molecule has 1 N–H and O–H groups in total. The van der Waals surface area contributed by atoms with Crippen LogP contribution in [0.2, 0.25) is 0 Å². The number of hydrogen-bond donors (Lipinski definition) is 1. The molecule has 7 rings (SSSR count). The van der Waals surface area contributed by atoms with Crippen LogP contribution in [0, 0.1) is 12.8 Å². The number of ketones is 2. The largest absolute Gasteiger partial charge is 0.497 e. The molecule has 1 amide bonds. The standard InChI is InChI=1S/C36H30N2O5/c1-21-12-14-23(15-13-21)32(39)31-30(33(40)26-17-16-24(42-2)20-29(26)43-3)36(27-10-6-7-11-28(27)37-35(36)41)34-25-9-5-4-8-22(25)18-19-38(31)34/h4-20,30-31,34H,1-3H3,(H,37,41)/t30-,31-,34-,36+/m1/s1. The first kappa shape index (κ1) is 26.7. The van der Waals surface area contributed by atoms with E-state index in [4.69, 9.17) is 9.47 Å². The number of Topliss-reactive ketones (excluding diaryl/α,β-unsaturated/α-hetero) is 2. The van der Waals surface area contributed by atoms with Crippen LogP contribution in [0.3, 0.4) is 0 Å². The lowest BCUT2D eigenvalue weighted by molar-refractivity contribution is -0.122. The highest BCUT2D eigenvalue weighted by molar-refractivity contribution is 6.17. The Kier molecular flexibility index (Phi) is 6.20. The monoisotopic (exact) mass is 570 g/mol. The lowest BCUT2D eigenvalue weighted by atomic mass is 9.62. The van der Waals surface area contributed by atoms with Crippen molar-refractivity contribution in [2.45, 2.75) is 24.4 Å². The molecule has 4 atom stereocenters. The molecule has 0 aromatic heterocycles. The van der Waals surface area contributed by atoms with Gasteiger partial charge in [0.15, 0.2) is 11.6 Å². The number of benzene rings is 4. The summed E-state index contributed by atoms with van der Waals surface area (Å²) in [5, 5.41) is 3.08. The van der Waals surface area contributed by atoms with Gasteiger partial charge >= 0.3 is 0 Å². The average Bonchev–Trinajstić information content (AvgIpc) is 3.52. The molecule has 214 valence electrons. The number of nitrogens with one attached hydrogen (secondary N) is 1. The number of fused-ring (bicyclic) bond motifs is 6. The highest BCUT2D eigenvalue weighted by Crippen LogP contribution is 2.62. The maximum Gasteiger partial charge on any atom is 0.238 e. The molecular formula is C36H30N2O5. The minimum atomic E-state index is -1.41. The van der Waals surface area contributed by atoms with Gasteiger partial charge in [-0.05, 0) is 47.9 Å². The van der Waals surface area contributed by atoms with Gasteiger partial charge in [-0.15, -0.1) is 0 Å². The Hall–Kier alpha value is -5.17. The van der Waals surface area contributed by atoms with Crippen molar-refractivity contribution in [3.05, 3.63) is 131 Å². The summed E-state index contributed by atoms with van der Waals surface area (Å²) in [6.07, 6.45) is 3.83. The van der Waals surface area contributed by atoms with Gasteiger partial charge in [-0.3, -0.25) is 14.4 Å². The first-order chi connectivity index (χ1) is 20.9. The summed E-state index contributed by atoms with van der Waals surface area (Å²) >= 11 is 0. The van der Waals surface area contributed by atoms with Gasteiger partial charge in [0.1, 0.15) is 23.0 Å². The second kappa shape index (κ2) is 9.98. The lowest BCUT2D eigenvalue weighted by Gasteiger charge is -2.38. The molecule has 4 aromatic rings. The van der Waals surface area contributed by atoms with Crippen LogP contribution >= 0.6 is 0 Å². The number of rotatable bonds is 6. The highest BCUT2D eigenvalue weighted by atomic mass is 16.5. The molecular weight excluding hydrogens is 540 g/mol. The predicted molar refractivity (Wildman–Crippen MR) is 163 cm³/mol. The third-order valence-corrected chi connectivity index (χ3v) is 9.13. The second-order valence-corrected chi connectivity index (χ2v) is 11.2. The van der Waals surface area contributed by atoms with E-state index in [1.807, 2.05) is 84.8 Å². The maximum atomic E-state index is 15.1. The summed E-state index contributed by atoms with van der Waals surface area (Å²) in [5.41, 5.74) is 3.53. The fourth-order valence-corrected chi connectivity index (χ4v) is 7.23. The Bertz CT molecular complexity index is 1830. The number of anilines is 1. The number of carbonyl (C=O) groups is 3. The van der Waals surface area contributed by atoms with Crippen molar-refractivity contribution in [2.24, 2.45) is 5.92 Å². The Morgan fingerprint density at radius 3 is 2.37 bits per heavy atom. The molecule has 7 heteroatoms. The van der Waals surface area contributed by atoms with E-state index in [2.05, 4.69) is 5.32 Å². The normalized spacial score (nSPS) is 22.9. The molecule has 1 fully saturated rings. The molecule has 1 spiro atoms. The predicted octanol–water partition coefficient (Wildman–Crippen LogP) is 5.99. The Morgan fingerprint density at radius 2 is 1.60 bits per heavy atom. The van der Waals surface area contributed by atoms with Crippen LogP contribution in [-0.2, 0) is 10.2 Å². The molecule has 3 aliphatic rings. The molecule has 1 saturated heterocycles. The van der Waals surface area contributed by atoms with Crippen LogP contribution in [0.1, 0.15) is 49.0 Å². The van der Waals surface area contributed by atoms with Crippen molar-refractivity contribution in [1.82, 2.24) is 4.90 Å². The number of methoxy groups -OCH3 is 2. The van der Waals surface area contributed by atoms with E-state index in [0.717, 1.165) is 16.7 Å². The van der Waals surface area contributed by atoms with Crippen molar-refractivity contribution in [3.63, 3.8) is 0 Å². The van der Waals surface area contributed by atoms with Crippen LogP contribution in [0.4, 0.5) is 5.69 Å². The van der Waals surface area contributed by atoms with Gasteiger partial charge in [-0.2, -0.15) is 0 Å². The van der Waals surface area contributed by atoms with Gasteiger partial charge in [0, 0.05) is 23.5 Å². The molecule has 43 heavy (non-hydrogen) atoms. The Balaban J connectivity index is 1.54. The van der Waals surface area contributed by atoms with Crippen molar-refractivity contribution < 1.29 is 23.9 Å². The van der Waals surface area contributed by atoms with Gasteiger partial charge in [-0.1, -0.05) is 72.3 Å². The zero-order valence-corrected chi connectivity index (χ0v) is 24.0. The molecule has 7 nitrogen and oxygen atoms in total. The molecule has 0 bridgehead atoms. The third kappa shape index (κ3) is 3.77. The minimum Gasteiger partial charge on any atom is -0.497 e. The summed E-state index contributed by atoms with van der Waals surface area (Å²) < 4.78 is 11.1. The quantitative estimate of drug-likeness (QED) is 0.287. The van der Waals surface area contributed by atoms with Crippen LogP contribution in [0.15, 0.2) is 97.2 Å². The van der Waals surface area contributed by atoms with Gasteiger partial charge in [0.2, 0.25) is 5.91 Å². The average molecular weight is 571 g/mol. The van der Waals surface area contributed by atoms with E-state index in [1.54, 1.807) is 37.4 Å².